The molecule has 1 fully saturated rings. The van der Waals surface area contributed by atoms with Gasteiger partial charge in [-0.25, -0.2) is 0 Å². The summed E-state index contributed by atoms with van der Waals surface area (Å²) in [6, 6.07) is 11.0. The molecule has 2 heteroatoms. The Morgan fingerprint density at radius 2 is 2.19 bits per heavy atom. The van der Waals surface area contributed by atoms with E-state index in [0.29, 0.717) is 6.04 Å². The first-order chi connectivity index (χ1) is 7.86. The van der Waals surface area contributed by atoms with Gasteiger partial charge in [-0.15, -0.1) is 0 Å². The SMILES string of the molecule is C[C@H]1COCCN1C/C=C\c1ccccc1. The van der Waals surface area contributed by atoms with Gasteiger partial charge in [-0.05, 0) is 12.5 Å². The van der Waals surface area contributed by atoms with E-state index < -0.39 is 0 Å². The molecule has 1 aromatic rings. The molecule has 0 aromatic heterocycles. The van der Waals surface area contributed by atoms with Crippen LogP contribution >= 0.6 is 0 Å². The molecule has 2 nitrogen and oxygen atoms in total. The predicted octanol–water partition coefficient (Wildman–Crippen LogP) is 2.42. The Labute approximate surface area is 97.5 Å². The molecule has 0 bridgehead atoms. The fraction of sp³-hybridized carbons (Fsp3) is 0.429. The minimum absolute atomic E-state index is 0.536. The zero-order chi connectivity index (χ0) is 11.2. The molecular weight excluding hydrogens is 198 g/mol. The third kappa shape index (κ3) is 3.19. The average Bonchev–Trinajstić information content (AvgIpc) is 2.33. The van der Waals surface area contributed by atoms with Crippen LogP contribution in [0.1, 0.15) is 12.5 Å². The minimum atomic E-state index is 0.536. The quantitative estimate of drug-likeness (QED) is 0.771. The standard InChI is InChI=1S/C14H19NO/c1-13-12-16-11-10-15(13)9-5-8-14-6-3-2-4-7-14/h2-8,13H,9-12H2,1H3/b8-5-/t13-/m0/s1. The first-order valence-electron chi connectivity index (χ1n) is 5.89. The van der Waals surface area contributed by atoms with Gasteiger partial charge in [0.05, 0.1) is 13.2 Å². The highest BCUT2D eigenvalue weighted by atomic mass is 16.5. The second kappa shape index (κ2) is 5.83. The third-order valence-electron chi connectivity index (χ3n) is 2.96. The zero-order valence-electron chi connectivity index (χ0n) is 9.80. The van der Waals surface area contributed by atoms with Gasteiger partial charge in [0, 0.05) is 19.1 Å². The highest BCUT2D eigenvalue weighted by Gasteiger charge is 2.16. The highest BCUT2D eigenvalue weighted by molar-refractivity contribution is 5.48. The highest BCUT2D eigenvalue weighted by Crippen LogP contribution is 2.07. The smallest absolute Gasteiger partial charge is 0.0619 e. The Hall–Kier alpha value is -1.12. The van der Waals surface area contributed by atoms with Crippen molar-refractivity contribution in [3.63, 3.8) is 0 Å². The maximum Gasteiger partial charge on any atom is 0.0619 e. The van der Waals surface area contributed by atoms with Gasteiger partial charge in [-0.3, -0.25) is 4.90 Å². The topological polar surface area (TPSA) is 12.5 Å². The summed E-state index contributed by atoms with van der Waals surface area (Å²) in [5, 5.41) is 0. The summed E-state index contributed by atoms with van der Waals surface area (Å²) < 4.78 is 5.41. The minimum Gasteiger partial charge on any atom is -0.379 e. The van der Waals surface area contributed by atoms with E-state index in [1.807, 2.05) is 6.07 Å². The van der Waals surface area contributed by atoms with Gasteiger partial charge < -0.3 is 4.74 Å². The van der Waals surface area contributed by atoms with Gasteiger partial charge in [-0.1, -0.05) is 42.5 Å². The predicted molar refractivity (Wildman–Crippen MR) is 67.3 cm³/mol. The van der Waals surface area contributed by atoms with Crippen LogP contribution in [0.15, 0.2) is 36.4 Å². The number of hydrogen-bond acceptors (Lipinski definition) is 2. The van der Waals surface area contributed by atoms with E-state index in [4.69, 9.17) is 4.74 Å². The first-order valence-corrected chi connectivity index (χ1v) is 5.89. The summed E-state index contributed by atoms with van der Waals surface area (Å²) in [5.74, 6) is 0. The molecule has 1 heterocycles. The van der Waals surface area contributed by atoms with E-state index in [9.17, 15) is 0 Å². The van der Waals surface area contributed by atoms with Gasteiger partial charge in [0.15, 0.2) is 0 Å². The van der Waals surface area contributed by atoms with Gasteiger partial charge in [0.2, 0.25) is 0 Å². The molecule has 1 atom stereocenters. The fourth-order valence-electron chi connectivity index (χ4n) is 1.92. The molecule has 0 amide bonds. The van der Waals surface area contributed by atoms with E-state index >= 15 is 0 Å². The van der Waals surface area contributed by atoms with Crippen molar-refractivity contribution in [3.8, 4) is 0 Å². The van der Waals surface area contributed by atoms with Crippen LogP contribution < -0.4 is 0 Å². The van der Waals surface area contributed by atoms with E-state index in [0.717, 1.165) is 26.3 Å². The summed E-state index contributed by atoms with van der Waals surface area (Å²) in [6.07, 6.45) is 4.42. The van der Waals surface area contributed by atoms with Crippen LogP contribution in [0, 0.1) is 0 Å². The van der Waals surface area contributed by atoms with Crippen LogP contribution in [-0.4, -0.2) is 37.2 Å². The lowest BCUT2D eigenvalue weighted by Crippen LogP contribution is -2.43. The molecule has 1 aliphatic heterocycles. The molecule has 0 aliphatic carbocycles. The van der Waals surface area contributed by atoms with Crippen molar-refractivity contribution in [2.24, 2.45) is 0 Å². The van der Waals surface area contributed by atoms with Crippen LogP contribution in [0.2, 0.25) is 0 Å². The number of ether oxygens (including phenoxy) is 1. The third-order valence-corrected chi connectivity index (χ3v) is 2.96. The first kappa shape index (κ1) is 11.4. The van der Waals surface area contributed by atoms with E-state index in [1.165, 1.54) is 5.56 Å². The van der Waals surface area contributed by atoms with Crippen LogP contribution in [0.4, 0.5) is 0 Å². The Morgan fingerprint density at radius 1 is 1.38 bits per heavy atom. The maximum absolute atomic E-state index is 5.41. The van der Waals surface area contributed by atoms with Gasteiger partial charge in [0.1, 0.15) is 0 Å². The summed E-state index contributed by atoms with van der Waals surface area (Å²) in [7, 11) is 0. The molecular formula is C14H19NO. The normalized spacial score (nSPS) is 22.7. The molecule has 1 aromatic carbocycles. The molecule has 0 N–H and O–H groups in total. The lowest BCUT2D eigenvalue weighted by Gasteiger charge is -2.32. The lowest BCUT2D eigenvalue weighted by atomic mass is 10.2. The molecule has 1 saturated heterocycles. The molecule has 2 rings (SSSR count). The number of morpholine rings is 1. The number of rotatable bonds is 3. The van der Waals surface area contributed by atoms with Crippen molar-refractivity contribution in [2.75, 3.05) is 26.3 Å². The van der Waals surface area contributed by atoms with Crippen molar-refractivity contribution < 1.29 is 4.74 Å². The molecule has 16 heavy (non-hydrogen) atoms. The maximum atomic E-state index is 5.41. The molecule has 86 valence electrons. The zero-order valence-corrected chi connectivity index (χ0v) is 9.80. The number of benzene rings is 1. The Balaban J connectivity index is 1.84. The number of nitrogens with zero attached hydrogens (tertiary/aromatic N) is 1. The van der Waals surface area contributed by atoms with Crippen molar-refractivity contribution in [1.29, 1.82) is 0 Å². The molecule has 0 spiro atoms. The monoisotopic (exact) mass is 217 g/mol. The Kier molecular flexibility index (Phi) is 4.14. The molecule has 0 saturated carbocycles. The van der Waals surface area contributed by atoms with Crippen molar-refractivity contribution >= 4 is 6.08 Å². The fourth-order valence-corrected chi connectivity index (χ4v) is 1.92. The van der Waals surface area contributed by atoms with Crippen molar-refractivity contribution in [2.45, 2.75) is 13.0 Å². The van der Waals surface area contributed by atoms with Crippen LogP contribution in [0.5, 0.6) is 0 Å². The summed E-state index contributed by atoms with van der Waals surface area (Å²) >= 11 is 0. The lowest BCUT2D eigenvalue weighted by molar-refractivity contribution is 0.00564. The van der Waals surface area contributed by atoms with Gasteiger partial charge >= 0.3 is 0 Å². The average molecular weight is 217 g/mol. The summed E-state index contributed by atoms with van der Waals surface area (Å²) in [4.78, 5) is 2.45. The number of hydrogen-bond donors (Lipinski definition) is 0. The summed E-state index contributed by atoms with van der Waals surface area (Å²) in [6.45, 7) is 6.00. The second-order valence-electron chi connectivity index (χ2n) is 4.23. The Bertz CT molecular complexity index is 334. The second-order valence-corrected chi connectivity index (χ2v) is 4.23. The molecule has 1 aliphatic rings. The van der Waals surface area contributed by atoms with Gasteiger partial charge in [0.25, 0.3) is 0 Å². The molecule has 0 radical (unpaired) electrons. The molecule has 0 unspecified atom stereocenters. The largest absolute Gasteiger partial charge is 0.379 e. The van der Waals surface area contributed by atoms with Crippen molar-refractivity contribution in [3.05, 3.63) is 42.0 Å². The van der Waals surface area contributed by atoms with Crippen LogP contribution in [-0.2, 0) is 4.74 Å². The van der Waals surface area contributed by atoms with E-state index in [2.05, 4.69) is 48.2 Å². The van der Waals surface area contributed by atoms with Crippen LogP contribution in [0.3, 0.4) is 0 Å². The van der Waals surface area contributed by atoms with Gasteiger partial charge in [-0.2, -0.15) is 0 Å². The van der Waals surface area contributed by atoms with E-state index in [1.54, 1.807) is 0 Å². The van der Waals surface area contributed by atoms with E-state index in [-0.39, 0.29) is 0 Å². The summed E-state index contributed by atoms with van der Waals surface area (Å²) in [5.41, 5.74) is 1.27. The van der Waals surface area contributed by atoms with Crippen molar-refractivity contribution in [1.82, 2.24) is 4.90 Å². The van der Waals surface area contributed by atoms with Crippen LogP contribution in [0.25, 0.3) is 6.08 Å². The Morgan fingerprint density at radius 3 is 2.94 bits per heavy atom.